The van der Waals surface area contributed by atoms with E-state index in [1.807, 2.05) is 89.6 Å². The Labute approximate surface area is 180 Å². The Balaban J connectivity index is 1.20. The van der Waals surface area contributed by atoms with Crippen LogP contribution >= 0.6 is 0 Å². The van der Waals surface area contributed by atoms with Crippen molar-refractivity contribution in [3.63, 3.8) is 0 Å². The van der Waals surface area contributed by atoms with Gasteiger partial charge in [-0.25, -0.2) is 4.68 Å². The van der Waals surface area contributed by atoms with Crippen LogP contribution in [0.4, 0.5) is 5.82 Å². The summed E-state index contributed by atoms with van der Waals surface area (Å²) in [4.78, 5) is 17.0. The van der Waals surface area contributed by atoms with Crippen molar-refractivity contribution >= 4 is 11.7 Å². The first-order valence-corrected chi connectivity index (χ1v) is 10.3. The van der Waals surface area contributed by atoms with Crippen LogP contribution < -0.4 is 4.90 Å². The first kappa shape index (κ1) is 19.0. The average molecular weight is 413 g/mol. The standard InChI is InChI=1S/C23H23N7O/c1-18-10-13-30(26-18)22-9-8-21(24-25-22)28-14-16-29(17-15-28)23(31)19-4-6-20(7-5-19)27-11-2-3-12-27/h2-13H,14-17H2,1H3. The maximum Gasteiger partial charge on any atom is 0.253 e. The van der Waals surface area contributed by atoms with Crippen molar-refractivity contribution in [3.8, 4) is 11.5 Å². The first-order valence-electron chi connectivity index (χ1n) is 10.3. The Hall–Kier alpha value is -3.94. The number of hydrogen-bond acceptors (Lipinski definition) is 5. The highest BCUT2D eigenvalue weighted by atomic mass is 16.2. The van der Waals surface area contributed by atoms with E-state index in [0.717, 1.165) is 30.3 Å². The van der Waals surface area contributed by atoms with Crippen LogP contribution in [0.5, 0.6) is 0 Å². The molecule has 3 aromatic heterocycles. The zero-order valence-corrected chi connectivity index (χ0v) is 17.3. The van der Waals surface area contributed by atoms with Crippen LogP contribution in [0, 0.1) is 6.92 Å². The lowest BCUT2D eigenvalue weighted by molar-refractivity contribution is 0.0746. The Kier molecular flexibility index (Phi) is 4.95. The predicted octanol–water partition coefficient (Wildman–Crippen LogP) is 2.72. The summed E-state index contributed by atoms with van der Waals surface area (Å²) in [6.45, 7) is 4.69. The molecule has 5 rings (SSSR count). The number of aromatic nitrogens is 5. The number of aryl methyl sites for hydroxylation is 1. The quantitative estimate of drug-likeness (QED) is 0.514. The molecule has 156 valence electrons. The molecule has 4 heterocycles. The Morgan fingerprint density at radius 2 is 1.48 bits per heavy atom. The summed E-state index contributed by atoms with van der Waals surface area (Å²) in [7, 11) is 0. The lowest BCUT2D eigenvalue weighted by Gasteiger charge is -2.35. The van der Waals surface area contributed by atoms with Crippen LogP contribution in [0.2, 0.25) is 0 Å². The minimum Gasteiger partial charge on any atom is -0.352 e. The van der Waals surface area contributed by atoms with Gasteiger partial charge in [0.05, 0.1) is 5.69 Å². The normalized spacial score (nSPS) is 14.1. The summed E-state index contributed by atoms with van der Waals surface area (Å²) in [6, 6.07) is 17.5. The summed E-state index contributed by atoms with van der Waals surface area (Å²) < 4.78 is 3.73. The van der Waals surface area contributed by atoms with E-state index in [2.05, 4.69) is 20.2 Å². The maximum absolute atomic E-state index is 12.9. The Morgan fingerprint density at radius 1 is 0.806 bits per heavy atom. The van der Waals surface area contributed by atoms with E-state index in [1.54, 1.807) is 4.68 Å². The third-order valence-electron chi connectivity index (χ3n) is 5.50. The fourth-order valence-electron chi connectivity index (χ4n) is 3.76. The molecule has 8 nitrogen and oxygen atoms in total. The number of nitrogens with zero attached hydrogens (tertiary/aromatic N) is 7. The molecule has 1 saturated heterocycles. The van der Waals surface area contributed by atoms with Gasteiger partial charge in [0.1, 0.15) is 0 Å². The van der Waals surface area contributed by atoms with Gasteiger partial charge < -0.3 is 14.4 Å². The van der Waals surface area contributed by atoms with E-state index in [0.29, 0.717) is 24.5 Å². The van der Waals surface area contributed by atoms with Crippen LogP contribution in [0.15, 0.2) is 73.2 Å². The molecule has 4 aromatic rings. The zero-order chi connectivity index (χ0) is 21.2. The number of piperazine rings is 1. The fraction of sp³-hybridized carbons (Fsp3) is 0.217. The van der Waals surface area contributed by atoms with Crippen molar-refractivity contribution in [3.05, 3.63) is 84.4 Å². The largest absolute Gasteiger partial charge is 0.352 e. The summed E-state index contributed by atoms with van der Waals surface area (Å²) in [6.07, 6.45) is 5.84. The van der Waals surface area contributed by atoms with Crippen LogP contribution in [-0.4, -0.2) is 61.5 Å². The monoisotopic (exact) mass is 413 g/mol. The molecule has 8 heteroatoms. The van der Waals surface area contributed by atoms with Crippen molar-refractivity contribution in [2.24, 2.45) is 0 Å². The minimum atomic E-state index is 0.0641. The van der Waals surface area contributed by atoms with Crippen molar-refractivity contribution < 1.29 is 4.79 Å². The van der Waals surface area contributed by atoms with Crippen LogP contribution in [0.3, 0.4) is 0 Å². The molecule has 0 aliphatic carbocycles. The van der Waals surface area contributed by atoms with Gasteiger partial charge in [0.25, 0.3) is 5.91 Å². The molecule has 0 N–H and O–H groups in total. The van der Waals surface area contributed by atoms with E-state index in [1.165, 1.54) is 0 Å². The SMILES string of the molecule is Cc1ccn(-c2ccc(N3CCN(C(=O)c4ccc(-n5cccc5)cc4)CC3)nn2)n1. The number of carbonyl (C=O) groups is 1. The zero-order valence-electron chi connectivity index (χ0n) is 17.3. The molecule has 1 aliphatic heterocycles. The molecular weight excluding hydrogens is 390 g/mol. The van der Waals surface area contributed by atoms with Gasteiger partial charge in [-0.05, 0) is 61.5 Å². The third-order valence-corrected chi connectivity index (χ3v) is 5.50. The van der Waals surface area contributed by atoms with Gasteiger partial charge in [0.15, 0.2) is 11.6 Å². The number of amides is 1. The summed E-state index contributed by atoms with van der Waals surface area (Å²) >= 11 is 0. The highest BCUT2D eigenvalue weighted by Gasteiger charge is 2.23. The van der Waals surface area contributed by atoms with Crippen molar-refractivity contribution in [1.82, 2.24) is 29.4 Å². The highest BCUT2D eigenvalue weighted by molar-refractivity contribution is 5.94. The van der Waals surface area contributed by atoms with E-state index in [9.17, 15) is 4.79 Å². The van der Waals surface area contributed by atoms with Gasteiger partial charge in [0, 0.05) is 56.0 Å². The Bertz CT molecular complexity index is 1160. The second kappa shape index (κ2) is 8.06. The summed E-state index contributed by atoms with van der Waals surface area (Å²) in [5.41, 5.74) is 2.69. The van der Waals surface area contributed by atoms with Crippen molar-refractivity contribution in [1.29, 1.82) is 0 Å². The van der Waals surface area contributed by atoms with Crippen molar-refractivity contribution in [2.75, 3.05) is 31.1 Å². The van der Waals surface area contributed by atoms with Gasteiger partial charge in [-0.3, -0.25) is 4.79 Å². The molecule has 0 spiro atoms. The Morgan fingerprint density at radius 3 is 2.10 bits per heavy atom. The van der Waals surface area contributed by atoms with Gasteiger partial charge in [-0.2, -0.15) is 5.10 Å². The molecule has 1 amide bonds. The summed E-state index contributed by atoms with van der Waals surface area (Å²) in [5.74, 6) is 1.57. The molecule has 0 atom stereocenters. The molecule has 0 radical (unpaired) electrons. The lowest BCUT2D eigenvalue weighted by Crippen LogP contribution is -2.49. The van der Waals surface area contributed by atoms with Crippen molar-refractivity contribution in [2.45, 2.75) is 6.92 Å². The molecule has 0 unspecified atom stereocenters. The van der Waals surface area contributed by atoms with Crippen LogP contribution in [0.1, 0.15) is 16.1 Å². The van der Waals surface area contributed by atoms with Crippen LogP contribution in [-0.2, 0) is 0 Å². The van der Waals surface area contributed by atoms with Gasteiger partial charge in [0.2, 0.25) is 0 Å². The topological polar surface area (TPSA) is 72.1 Å². The molecule has 0 saturated carbocycles. The average Bonchev–Trinajstić information content (AvgIpc) is 3.51. The van der Waals surface area contributed by atoms with Gasteiger partial charge >= 0.3 is 0 Å². The highest BCUT2D eigenvalue weighted by Crippen LogP contribution is 2.17. The molecule has 0 bridgehead atoms. The molecular formula is C23H23N7O. The second-order valence-electron chi connectivity index (χ2n) is 7.57. The number of benzene rings is 1. The maximum atomic E-state index is 12.9. The smallest absolute Gasteiger partial charge is 0.253 e. The second-order valence-corrected chi connectivity index (χ2v) is 7.57. The minimum absolute atomic E-state index is 0.0641. The molecule has 1 aromatic carbocycles. The molecule has 31 heavy (non-hydrogen) atoms. The molecule has 1 aliphatic rings. The van der Waals surface area contributed by atoms with Crippen LogP contribution in [0.25, 0.3) is 11.5 Å². The third kappa shape index (κ3) is 3.92. The number of anilines is 1. The van der Waals surface area contributed by atoms with E-state index in [-0.39, 0.29) is 5.91 Å². The van der Waals surface area contributed by atoms with E-state index in [4.69, 9.17) is 0 Å². The van der Waals surface area contributed by atoms with Gasteiger partial charge in [-0.1, -0.05) is 0 Å². The van der Waals surface area contributed by atoms with E-state index < -0.39 is 0 Å². The predicted molar refractivity (Wildman–Crippen MR) is 118 cm³/mol. The number of carbonyl (C=O) groups excluding carboxylic acids is 1. The van der Waals surface area contributed by atoms with E-state index >= 15 is 0 Å². The van der Waals surface area contributed by atoms with Gasteiger partial charge in [-0.15, -0.1) is 10.2 Å². The fourth-order valence-corrected chi connectivity index (χ4v) is 3.76. The first-order chi connectivity index (χ1) is 15.2. The lowest BCUT2D eigenvalue weighted by atomic mass is 10.1. The molecule has 1 fully saturated rings. The summed E-state index contributed by atoms with van der Waals surface area (Å²) in [5, 5.41) is 13.0. The number of rotatable bonds is 4. The number of hydrogen-bond donors (Lipinski definition) is 0.